The van der Waals surface area contributed by atoms with Crippen LogP contribution in [0.3, 0.4) is 0 Å². The Labute approximate surface area is 180 Å². The predicted octanol–water partition coefficient (Wildman–Crippen LogP) is -0.494. The van der Waals surface area contributed by atoms with E-state index in [1.54, 1.807) is 6.92 Å². The molecule has 4 heterocycles. The molecule has 0 aliphatic carbocycles. The van der Waals surface area contributed by atoms with Crippen LogP contribution in [0, 0.1) is 11.8 Å². The molecule has 0 aromatic heterocycles. The highest BCUT2D eigenvalue weighted by Crippen LogP contribution is 2.52. The Kier molecular flexibility index (Phi) is 5.63. The third-order valence-corrected chi connectivity index (χ3v) is 8.43. The molecule has 30 heavy (non-hydrogen) atoms. The van der Waals surface area contributed by atoms with Crippen molar-refractivity contribution in [2.45, 2.75) is 56.2 Å². The van der Waals surface area contributed by atoms with E-state index in [4.69, 9.17) is 5.73 Å². The summed E-state index contributed by atoms with van der Waals surface area (Å²) in [6.45, 7) is 5.44. The second-order valence-electron chi connectivity index (χ2n) is 9.04. The number of rotatable bonds is 5. The van der Waals surface area contributed by atoms with Gasteiger partial charge in [-0.3, -0.25) is 14.5 Å². The Balaban J connectivity index is 1.49. The Hall–Kier alpha value is -1.62. The van der Waals surface area contributed by atoms with Crippen molar-refractivity contribution in [2.75, 3.05) is 26.7 Å². The number of amides is 2. The van der Waals surface area contributed by atoms with Crippen LogP contribution in [-0.4, -0.2) is 98.9 Å². The van der Waals surface area contributed by atoms with Crippen LogP contribution in [0.25, 0.3) is 0 Å². The van der Waals surface area contributed by atoms with E-state index in [0.29, 0.717) is 31.0 Å². The number of nitrogens with two attached hydrogens (primary N) is 1. The van der Waals surface area contributed by atoms with Crippen molar-refractivity contribution in [3.63, 3.8) is 0 Å². The minimum Gasteiger partial charge on any atom is -0.477 e. The summed E-state index contributed by atoms with van der Waals surface area (Å²) in [6.07, 6.45) is 0.641. The number of aliphatic hydroxyl groups is 1. The van der Waals surface area contributed by atoms with Gasteiger partial charge in [-0.25, -0.2) is 4.79 Å². The zero-order valence-corrected chi connectivity index (χ0v) is 18.3. The van der Waals surface area contributed by atoms with Crippen LogP contribution >= 0.6 is 11.8 Å². The molecule has 166 valence electrons. The van der Waals surface area contributed by atoms with Gasteiger partial charge in [-0.2, -0.15) is 0 Å². The van der Waals surface area contributed by atoms with Crippen LogP contribution in [0.15, 0.2) is 10.6 Å². The number of aliphatic carboxylic acids is 1. The van der Waals surface area contributed by atoms with E-state index < -0.39 is 18.0 Å². The van der Waals surface area contributed by atoms with Crippen LogP contribution in [0.4, 0.5) is 0 Å². The molecule has 10 heteroatoms. The quantitative estimate of drug-likeness (QED) is 0.491. The van der Waals surface area contributed by atoms with Gasteiger partial charge in [0.25, 0.3) is 0 Å². The van der Waals surface area contributed by atoms with Crippen LogP contribution in [0.5, 0.6) is 0 Å². The number of aliphatic hydroxyl groups excluding tert-OH is 1. The van der Waals surface area contributed by atoms with E-state index in [-0.39, 0.29) is 46.8 Å². The standard InChI is InChI=1S/C20H30N4O5S/c1-9-15-14(10(2)25)19(27)24(15)16(20(28)29)17(9)30-12-6-13(22(3)8-12)18(26)23-5-4-11(21)7-23/h9-15,25H,4-8,21H2,1-3H3,(H,28,29)/t9?,10?,11?,12?,13?,14?,15-/m1/s1. The summed E-state index contributed by atoms with van der Waals surface area (Å²) in [5.41, 5.74) is 5.99. The van der Waals surface area contributed by atoms with Gasteiger partial charge in [-0.05, 0) is 26.8 Å². The van der Waals surface area contributed by atoms with E-state index in [1.165, 1.54) is 16.7 Å². The van der Waals surface area contributed by atoms with Crippen molar-refractivity contribution < 1.29 is 24.6 Å². The van der Waals surface area contributed by atoms with Gasteiger partial charge in [-0.15, -0.1) is 11.8 Å². The fourth-order valence-corrected chi connectivity index (χ4v) is 6.98. The second kappa shape index (κ2) is 7.81. The van der Waals surface area contributed by atoms with E-state index in [9.17, 15) is 24.6 Å². The smallest absolute Gasteiger partial charge is 0.353 e. The van der Waals surface area contributed by atoms with Gasteiger partial charge in [0.05, 0.1) is 24.1 Å². The molecule has 0 saturated carbocycles. The van der Waals surface area contributed by atoms with Gasteiger partial charge >= 0.3 is 5.97 Å². The first-order valence-electron chi connectivity index (χ1n) is 10.5. The number of carboxylic acid groups (broad SMARTS) is 1. The van der Waals surface area contributed by atoms with Crippen molar-refractivity contribution in [1.29, 1.82) is 0 Å². The van der Waals surface area contributed by atoms with Crippen molar-refractivity contribution in [3.05, 3.63) is 10.6 Å². The zero-order valence-electron chi connectivity index (χ0n) is 17.5. The van der Waals surface area contributed by atoms with E-state index in [2.05, 4.69) is 0 Å². The SMILES string of the molecule is CC(O)C1C(=O)N2C(C(=O)O)=C(SC3CC(C(=O)N4CCC(N)C4)N(C)C3)C(C)[C@H]12. The van der Waals surface area contributed by atoms with Gasteiger partial charge in [-0.1, -0.05) is 6.92 Å². The first-order chi connectivity index (χ1) is 14.1. The maximum atomic E-state index is 12.9. The molecule has 4 aliphatic rings. The van der Waals surface area contributed by atoms with E-state index in [0.717, 1.165) is 6.42 Å². The zero-order chi connectivity index (χ0) is 21.9. The lowest BCUT2D eigenvalue weighted by atomic mass is 9.79. The molecule has 4 N–H and O–H groups in total. The lowest BCUT2D eigenvalue weighted by molar-refractivity contribution is -0.163. The first-order valence-corrected chi connectivity index (χ1v) is 11.4. The van der Waals surface area contributed by atoms with Crippen LogP contribution in [0.2, 0.25) is 0 Å². The van der Waals surface area contributed by atoms with Crippen molar-refractivity contribution in [2.24, 2.45) is 17.6 Å². The molecule has 0 spiro atoms. The third-order valence-electron chi connectivity index (χ3n) is 6.94. The number of fused-ring (bicyclic) bond motifs is 1. The summed E-state index contributed by atoms with van der Waals surface area (Å²) in [4.78, 5) is 43.3. The summed E-state index contributed by atoms with van der Waals surface area (Å²) in [5, 5.41) is 19.8. The van der Waals surface area contributed by atoms with Gasteiger partial charge < -0.3 is 25.7 Å². The number of thioether (sulfide) groups is 1. The minimum atomic E-state index is -1.12. The Bertz CT molecular complexity index is 802. The van der Waals surface area contributed by atoms with Gasteiger partial charge in [0, 0.05) is 41.7 Å². The fourth-order valence-electron chi connectivity index (χ4n) is 5.38. The van der Waals surface area contributed by atoms with Gasteiger partial charge in [0.2, 0.25) is 11.8 Å². The molecule has 3 saturated heterocycles. The van der Waals surface area contributed by atoms with Gasteiger partial charge in [0.1, 0.15) is 5.70 Å². The lowest BCUT2D eigenvalue weighted by Crippen LogP contribution is -2.63. The summed E-state index contributed by atoms with van der Waals surface area (Å²) < 4.78 is 0. The number of hydrogen-bond donors (Lipinski definition) is 3. The number of nitrogens with zero attached hydrogens (tertiary/aromatic N) is 3. The molecule has 4 aliphatic heterocycles. The highest BCUT2D eigenvalue weighted by molar-refractivity contribution is 8.03. The van der Waals surface area contributed by atoms with Crippen LogP contribution < -0.4 is 5.73 Å². The fraction of sp³-hybridized carbons (Fsp3) is 0.750. The second-order valence-corrected chi connectivity index (χ2v) is 10.4. The van der Waals surface area contributed by atoms with Crippen molar-refractivity contribution >= 4 is 29.5 Å². The first kappa shape index (κ1) is 21.6. The molecule has 9 nitrogen and oxygen atoms in total. The van der Waals surface area contributed by atoms with Crippen molar-refractivity contribution in [3.8, 4) is 0 Å². The summed E-state index contributed by atoms with van der Waals surface area (Å²) in [7, 11) is 1.92. The largest absolute Gasteiger partial charge is 0.477 e. The highest BCUT2D eigenvalue weighted by atomic mass is 32.2. The Morgan fingerprint density at radius 1 is 1.30 bits per heavy atom. The monoisotopic (exact) mass is 438 g/mol. The molecule has 0 radical (unpaired) electrons. The van der Waals surface area contributed by atoms with Crippen LogP contribution in [-0.2, 0) is 14.4 Å². The van der Waals surface area contributed by atoms with Crippen molar-refractivity contribution in [1.82, 2.24) is 14.7 Å². The molecular formula is C20H30N4O5S. The lowest BCUT2D eigenvalue weighted by Gasteiger charge is -2.46. The number of likely N-dealkylation sites (N-methyl/N-ethyl adjacent to an activating group) is 1. The third kappa shape index (κ3) is 3.34. The van der Waals surface area contributed by atoms with E-state index >= 15 is 0 Å². The molecule has 2 amide bonds. The average Bonchev–Trinajstić information content (AvgIpc) is 3.31. The number of β-lactam (4-membered cyclic amide) rings is 1. The normalized spacial score (nSPS) is 37.6. The number of carboxylic acids is 1. The number of carbonyl (C=O) groups is 3. The van der Waals surface area contributed by atoms with E-state index in [1.807, 2.05) is 23.8 Å². The highest BCUT2D eigenvalue weighted by Gasteiger charge is 2.60. The predicted molar refractivity (Wildman–Crippen MR) is 111 cm³/mol. The summed E-state index contributed by atoms with van der Waals surface area (Å²) in [6, 6.07) is -0.506. The van der Waals surface area contributed by atoms with Crippen LogP contribution in [0.1, 0.15) is 26.7 Å². The topological polar surface area (TPSA) is 127 Å². The molecule has 0 aromatic rings. The minimum absolute atomic E-state index is 0.0392. The number of carbonyl (C=O) groups excluding carboxylic acids is 2. The number of hydrogen-bond acceptors (Lipinski definition) is 7. The maximum absolute atomic E-state index is 12.9. The Morgan fingerprint density at radius 3 is 2.57 bits per heavy atom. The summed E-state index contributed by atoms with van der Waals surface area (Å²) >= 11 is 1.48. The molecule has 0 bridgehead atoms. The average molecular weight is 439 g/mol. The van der Waals surface area contributed by atoms with Gasteiger partial charge in [0.15, 0.2) is 0 Å². The Morgan fingerprint density at radius 2 is 2.00 bits per heavy atom. The molecule has 0 aromatic carbocycles. The molecule has 4 rings (SSSR count). The molecule has 6 unspecified atom stereocenters. The summed E-state index contributed by atoms with van der Waals surface area (Å²) in [5.74, 6) is -2.07. The molecule has 7 atom stereocenters. The molecule has 3 fully saturated rings. The molecular weight excluding hydrogens is 408 g/mol. The maximum Gasteiger partial charge on any atom is 0.353 e. The number of likely N-dealkylation sites (tertiary alicyclic amines) is 2.